The van der Waals surface area contributed by atoms with E-state index in [1.165, 1.54) is 22.9 Å². The third-order valence-electron chi connectivity index (χ3n) is 3.44. The average molecular weight is 307 g/mol. The fraction of sp³-hybridized carbons (Fsp3) is 0.500. The van der Waals surface area contributed by atoms with Gasteiger partial charge in [-0.3, -0.25) is 9.59 Å². The minimum atomic E-state index is -0.724. The number of nitrogens with one attached hydrogen (secondary N) is 1. The van der Waals surface area contributed by atoms with E-state index in [1.54, 1.807) is 6.92 Å². The van der Waals surface area contributed by atoms with Crippen LogP contribution in [0.3, 0.4) is 0 Å². The lowest BCUT2D eigenvalue weighted by molar-refractivity contribution is -0.152. The Bertz CT molecular complexity index is 540. The molecule has 0 heterocycles. The van der Waals surface area contributed by atoms with Crippen LogP contribution in [0.5, 0.6) is 0 Å². The largest absolute Gasteiger partial charge is 0.452 e. The predicted molar refractivity (Wildman–Crippen MR) is 83.4 cm³/mol. The topological polar surface area (TPSA) is 55.4 Å². The van der Waals surface area contributed by atoms with Gasteiger partial charge in [0.1, 0.15) is 0 Å². The Morgan fingerprint density at radius 2 is 2.05 bits per heavy atom. The number of hydrogen-bond donors (Lipinski definition) is 1. The third kappa shape index (κ3) is 5.08. The summed E-state index contributed by atoms with van der Waals surface area (Å²) in [5.41, 5.74) is 2.43. The van der Waals surface area contributed by atoms with Crippen LogP contribution < -0.4 is 5.32 Å². The van der Waals surface area contributed by atoms with Gasteiger partial charge in [-0.15, -0.1) is 11.8 Å². The van der Waals surface area contributed by atoms with Gasteiger partial charge < -0.3 is 10.1 Å². The molecule has 0 aliphatic heterocycles. The van der Waals surface area contributed by atoms with Gasteiger partial charge in [0.15, 0.2) is 6.10 Å². The highest BCUT2D eigenvalue weighted by molar-refractivity contribution is 8.00. The maximum Gasteiger partial charge on any atom is 0.317 e. The highest BCUT2D eigenvalue weighted by atomic mass is 32.2. The van der Waals surface area contributed by atoms with Gasteiger partial charge >= 0.3 is 5.97 Å². The van der Waals surface area contributed by atoms with Crippen LogP contribution in [0.1, 0.15) is 30.9 Å². The smallest absolute Gasteiger partial charge is 0.317 e. The quantitative estimate of drug-likeness (QED) is 0.648. The van der Waals surface area contributed by atoms with E-state index in [9.17, 15) is 9.59 Å². The first-order chi connectivity index (χ1) is 9.95. The molecule has 2 rings (SSSR count). The average Bonchev–Trinajstić information content (AvgIpc) is 3.24. The molecule has 1 N–H and O–H groups in total. The number of thioether (sulfide) groups is 1. The monoisotopic (exact) mass is 307 g/mol. The molecule has 0 aromatic heterocycles. The summed E-state index contributed by atoms with van der Waals surface area (Å²) in [5.74, 6) is -0.359. The normalized spacial score (nSPS) is 15.4. The van der Waals surface area contributed by atoms with Crippen LogP contribution in [0.25, 0.3) is 0 Å². The highest BCUT2D eigenvalue weighted by Gasteiger charge is 2.27. The van der Waals surface area contributed by atoms with Crippen molar-refractivity contribution in [1.29, 1.82) is 0 Å². The van der Waals surface area contributed by atoms with Crippen molar-refractivity contribution in [2.75, 3.05) is 5.75 Å². The second-order valence-corrected chi connectivity index (χ2v) is 6.50. The van der Waals surface area contributed by atoms with Crippen LogP contribution in [0.15, 0.2) is 23.1 Å². The molecule has 1 aromatic rings. The molecule has 21 heavy (non-hydrogen) atoms. The van der Waals surface area contributed by atoms with E-state index in [0.717, 1.165) is 17.7 Å². The van der Waals surface area contributed by atoms with Gasteiger partial charge in [-0.2, -0.15) is 0 Å². The molecule has 1 fully saturated rings. The number of aryl methyl sites for hydroxylation is 2. The number of hydrogen-bond acceptors (Lipinski definition) is 4. The van der Waals surface area contributed by atoms with E-state index >= 15 is 0 Å². The first kappa shape index (κ1) is 15.9. The Kier molecular flexibility index (Phi) is 5.28. The van der Waals surface area contributed by atoms with Crippen molar-refractivity contribution < 1.29 is 14.3 Å². The van der Waals surface area contributed by atoms with E-state index in [4.69, 9.17) is 4.74 Å². The van der Waals surface area contributed by atoms with Crippen molar-refractivity contribution in [2.45, 2.75) is 50.7 Å². The SMILES string of the molecule is Cc1ccc(SCC(=O)O[C@@H](C)C(=O)NC2CC2)cc1C. The highest BCUT2D eigenvalue weighted by Crippen LogP contribution is 2.21. The molecule has 0 bridgehead atoms. The Labute approximate surface area is 129 Å². The van der Waals surface area contributed by atoms with Crippen molar-refractivity contribution in [2.24, 2.45) is 0 Å². The molecule has 0 unspecified atom stereocenters. The predicted octanol–water partition coefficient (Wildman–Crippen LogP) is 2.61. The number of amides is 1. The molecule has 1 aromatic carbocycles. The summed E-state index contributed by atoms with van der Waals surface area (Å²) >= 11 is 1.43. The molecule has 0 radical (unpaired) electrons. The standard InChI is InChI=1S/C16H21NO3S/c1-10-4-7-14(8-11(10)2)21-9-15(18)20-12(3)16(19)17-13-5-6-13/h4,7-8,12-13H,5-6,9H2,1-3H3,(H,17,19)/t12-/m0/s1. The molecule has 0 spiro atoms. The van der Waals surface area contributed by atoms with E-state index in [1.807, 2.05) is 19.1 Å². The number of ether oxygens (including phenoxy) is 1. The molecular weight excluding hydrogens is 286 g/mol. The van der Waals surface area contributed by atoms with E-state index in [2.05, 4.69) is 18.3 Å². The second kappa shape index (κ2) is 6.98. The minimum absolute atomic E-state index is 0.206. The molecule has 1 aliphatic carbocycles. The fourth-order valence-electron chi connectivity index (χ4n) is 1.78. The summed E-state index contributed by atoms with van der Waals surface area (Å²) in [6, 6.07) is 6.36. The van der Waals surface area contributed by atoms with Crippen LogP contribution in [0.2, 0.25) is 0 Å². The van der Waals surface area contributed by atoms with Crippen LogP contribution in [-0.4, -0.2) is 29.8 Å². The summed E-state index contributed by atoms with van der Waals surface area (Å²) in [7, 11) is 0. The molecule has 1 saturated carbocycles. The molecule has 1 amide bonds. The summed E-state index contributed by atoms with van der Waals surface area (Å²) in [6.07, 6.45) is 1.32. The van der Waals surface area contributed by atoms with Crippen LogP contribution in [-0.2, 0) is 14.3 Å². The Morgan fingerprint density at radius 1 is 1.33 bits per heavy atom. The summed E-state index contributed by atoms with van der Waals surface area (Å²) in [5, 5.41) is 2.82. The first-order valence-corrected chi connectivity index (χ1v) is 8.14. The zero-order valence-corrected chi connectivity index (χ0v) is 13.5. The van der Waals surface area contributed by atoms with Gasteiger partial charge in [0.25, 0.3) is 5.91 Å². The van der Waals surface area contributed by atoms with E-state index < -0.39 is 6.10 Å². The van der Waals surface area contributed by atoms with E-state index in [-0.39, 0.29) is 23.7 Å². The van der Waals surface area contributed by atoms with Crippen LogP contribution >= 0.6 is 11.8 Å². The maximum absolute atomic E-state index is 11.8. The zero-order valence-electron chi connectivity index (χ0n) is 12.6. The Morgan fingerprint density at radius 3 is 2.67 bits per heavy atom. The molecule has 0 saturated heterocycles. The second-order valence-electron chi connectivity index (χ2n) is 5.45. The summed E-state index contributed by atoms with van der Waals surface area (Å²) in [4.78, 5) is 24.5. The van der Waals surface area contributed by atoms with Gasteiger partial charge in [0, 0.05) is 10.9 Å². The molecular formula is C16H21NO3S. The molecule has 4 nitrogen and oxygen atoms in total. The summed E-state index contributed by atoms with van der Waals surface area (Å²) in [6.45, 7) is 5.70. The first-order valence-electron chi connectivity index (χ1n) is 7.15. The van der Waals surface area contributed by atoms with Crippen molar-refractivity contribution in [3.8, 4) is 0 Å². The van der Waals surface area contributed by atoms with Gasteiger partial charge in [-0.05, 0) is 56.9 Å². The maximum atomic E-state index is 11.8. The van der Waals surface area contributed by atoms with Crippen molar-refractivity contribution in [1.82, 2.24) is 5.32 Å². The lowest BCUT2D eigenvalue weighted by Crippen LogP contribution is -2.37. The van der Waals surface area contributed by atoms with Gasteiger partial charge in [0.2, 0.25) is 0 Å². The number of carbonyl (C=O) groups excluding carboxylic acids is 2. The zero-order chi connectivity index (χ0) is 15.4. The number of rotatable bonds is 6. The van der Waals surface area contributed by atoms with Crippen molar-refractivity contribution in [3.63, 3.8) is 0 Å². The lowest BCUT2D eigenvalue weighted by atomic mass is 10.1. The fourth-order valence-corrected chi connectivity index (χ4v) is 2.55. The molecule has 5 heteroatoms. The van der Waals surface area contributed by atoms with Crippen molar-refractivity contribution in [3.05, 3.63) is 29.3 Å². The van der Waals surface area contributed by atoms with Crippen molar-refractivity contribution >= 4 is 23.6 Å². The molecule has 114 valence electrons. The van der Waals surface area contributed by atoms with Crippen LogP contribution in [0, 0.1) is 13.8 Å². The molecule has 1 aliphatic rings. The van der Waals surface area contributed by atoms with E-state index in [0.29, 0.717) is 0 Å². The van der Waals surface area contributed by atoms with Gasteiger partial charge in [-0.25, -0.2) is 0 Å². The summed E-state index contributed by atoms with van der Waals surface area (Å²) < 4.78 is 5.14. The minimum Gasteiger partial charge on any atom is -0.452 e. The Hall–Kier alpha value is -1.49. The third-order valence-corrected chi connectivity index (χ3v) is 4.40. The van der Waals surface area contributed by atoms with Crippen LogP contribution in [0.4, 0.5) is 0 Å². The molecule has 1 atom stereocenters. The Balaban J connectivity index is 1.75. The number of carbonyl (C=O) groups is 2. The number of esters is 1. The van der Waals surface area contributed by atoms with Gasteiger partial charge in [0.05, 0.1) is 5.75 Å². The number of benzene rings is 1. The van der Waals surface area contributed by atoms with Gasteiger partial charge in [-0.1, -0.05) is 6.07 Å². The lowest BCUT2D eigenvalue weighted by Gasteiger charge is -2.13.